The smallest absolute Gasteiger partial charge is 0.212 e. The average molecular weight is 215 g/mol. The van der Waals surface area contributed by atoms with E-state index in [9.17, 15) is 0 Å². The van der Waals surface area contributed by atoms with E-state index in [0.717, 1.165) is 17.8 Å². The predicted molar refractivity (Wildman–Crippen MR) is 62.4 cm³/mol. The van der Waals surface area contributed by atoms with Crippen molar-refractivity contribution >= 4 is 5.69 Å². The monoisotopic (exact) mass is 215 g/mol. The molecule has 0 bridgehead atoms. The van der Waals surface area contributed by atoms with E-state index in [4.69, 9.17) is 4.74 Å². The lowest BCUT2D eigenvalue weighted by Gasteiger charge is -2.06. The zero-order valence-corrected chi connectivity index (χ0v) is 9.05. The average Bonchev–Trinajstić information content (AvgIpc) is 2.38. The van der Waals surface area contributed by atoms with Gasteiger partial charge < -0.3 is 10.1 Å². The van der Waals surface area contributed by atoms with Gasteiger partial charge in [-0.3, -0.25) is 4.98 Å². The number of ether oxygens (including phenoxy) is 1. The molecule has 2 heterocycles. The molecule has 16 heavy (non-hydrogen) atoms. The Balaban J connectivity index is 1.94. The third-order valence-electron chi connectivity index (χ3n) is 2.18. The summed E-state index contributed by atoms with van der Waals surface area (Å²) in [6.45, 7) is 0.737. The Kier molecular flexibility index (Phi) is 3.33. The van der Waals surface area contributed by atoms with Gasteiger partial charge in [-0.05, 0) is 17.7 Å². The molecule has 0 saturated heterocycles. The number of nitrogens with one attached hydrogen (secondary N) is 1. The molecular formula is C12H13N3O. The van der Waals surface area contributed by atoms with Crippen LogP contribution in [0.25, 0.3) is 0 Å². The molecule has 82 valence electrons. The Morgan fingerprint density at radius 1 is 1.19 bits per heavy atom. The fourth-order valence-corrected chi connectivity index (χ4v) is 1.31. The van der Waals surface area contributed by atoms with E-state index < -0.39 is 0 Å². The number of rotatable bonds is 4. The van der Waals surface area contributed by atoms with Gasteiger partial charge in [0.05, 0.1) is 7.11 Å². The summed E-state index contributed by atoms with van der Waals surface area (Å²) in [6, 6.07) is 7.69. The van der Waals surface area contributed by atoms with Gasteiger partial charge in [0.15, 0.2) is 0 Å². The maximum Gasteiger partial charge on any atom is 0.212 e. The van der Waals surface area contributed by atoms with Crippen LogP contribution in [0.3, 0.4) is 0 Å². The van der Waals surface area contributed by atoms with Gasteiger partial charge in [0.25, 0.3) is 0 Å². The van der Waals surface area contributed by atoms with Gasteiger partial charge in [0.1, 0.15) is 0 Å². The Bertz CT molecular complexity index is 428. The highest BCUT2D eigenvalue weighted by Crippen LogP contribution is 2.09. The fourth-order valence-electron chi connectivity index (χ4n) is 1.31. The van der Waals surface area contributed by atoms with E-state index in [1.54, 1.807) is 25.7 Å². The highest BCUT2D eigenvalue weighted by Gasteiger charge is 1.95. The molecule has 2 aromatic rings. The van der Waals surface area contributed by atoms with Crippen LogP contribution in [-0.4, -0.2) is 17.1 Å². The SMILES string of the molecule is COc1ccc(CNc2ccncc2)cn1. The van der Waals surface area contributed by atoms with Crippen molar-refractivity contribution in [3.8, 4) is 5.88 Å². The molecule has 0 aliphatic carbocycles. The summed E-state index contributed by atoms with van der Waals surface area (Å²) in [7, 11) is 1.61. The van der Waals surface area contributed by atoms with Crippen molar-refractivity contribution in [1.29, 1.82) is 0 Å². The summed E-state index contributed by atoms with van der Waals surface area (Å²) in [5.74, 6) is 0.632. The number of hydrogen-bond donors (Lipinski definition) is 1. The summed E-state index contributed by atoms with van der Waals surface area (Å²) in [5.41, 5.74) is 2.16. The minimum absolute atomic E-state index is 0.632. The van der Waals surface area contributed by atoms with Crippen molar-refractivity contribution in [1.82, 2.24) is 9.97 Å². The van der Waals surface area contributed by atoms with Crippen LogP contribution in [0.2, 0.25) is 0 Å². The summed E-state index contributed by atoms with van der Waals surface area (Å²) in [4.78, 5) is 8.09. The lowest BCUT2D eigenvalue weighted by atomic mass is 10.3. The standard InChI is InChI=1S/C12H13N3O/c1-16-12-3-2-10(9-15-12)8-14-11-4-6-13-7-5-11/h2-7,9H,8H2,1H3,(H,13,14). The minimum Gasteiger partial charge on any atom is -0.481 e. The first kappa shape index (κ1) is 10.4. The molecule has 0 radical (unpaired) electrons. The van der Waals surface area contributed by atoms with Crippen molar-refractivity contribution in [3.05, 3.63) is 48.4 Å². The summed E-state index contributed by atoms with van der Waals surface area (Å²) in [6.07, 6.45) is 5.32. The first-order valence-corrected chi connectivity index (χ1v) is 5.01. The maximum absolute atomic E-state index is 4.99. The van der Waals surface area contributed by atoms with E-state index in [2.05, 4.69) is 15.3 Å². The lowest BCUT2D eigenvalue weighted by molar-refractivity contribution is 0.397. The maximum atomic E-state index is 4.99. The van der Waals surface area contributed by atoms with Crippen LogP contribution in [0, 0.1) is 0 Å². The zero-order chi connectivity index (χ0) is 11.2. The van der Waals surface area contributed by atoms with Crippen molar-refractivity contribution in [3.63, 3.8) is 0 Å². The largest absolute Gasteiger partial charge is 0.481 e. The van der Waals surface area contributed by atoms with Crippen LogP contribution in [0.1, 0.15) is 5.56 Å². The third kappa shape index (κ3) is 2.70. The van der Waals surface area contributed by atoms with Crippen LogP contribution >= 0.6 is 0 Å². The first-order valence-electron chi connectivity index (χ1n) is 5.01. The van der Waals surface area contributed by atoms with Gasteiger partial charge >= 0.3 is 0 Å². The van der Waals surface area contributed by atoms with Crippen LogP contribution in [0.5, 0.6) is 5.88 Å². The predicted octanol–water partition coefficient (Wildman–Crippen LogP) is 2.10. The van der Waals surface area contributed by atoms with Crippen molar-refractivity contribution in [2.75, 3.05) is 12.4 Å². The molecule has 0 aliphatic rings. The highest BCUT2D eigenvalue weighted by molar-refractivity contribution is 5.41. The van der Waals surface area contributed by atoms with E-state index >= 15 is 0 Å². The molecule has 0 atom stereocenters. The van der Waals surface area contributed by atoms with Gasteiger partial charge in [-0.2, -0.15) is 0 Å². The molecule has 4 heteroatoms. The molecule has 0 amide bonds. The molecule has 4 nitrogen and oxygen atoms in total. The Labute approximate surface area is 94.3 Å². The van der Waals surface area contributed by atoms with Gasteiger partial charge in [-0.15, -0.1) is 0 Å². The van der Waals surface area contributed by atoms with E-state index in [0.29, 0.717) is 5.88 Å². The Morgan fingerprint density at radius 2 is 2.00 bits per heavy atom. The van der Waals surface area contributed by atoms with Crippen LogP contribution in [-0.2, 0) is 6.54 Å². The molecular weight excluding hydrogens is 202 g/mol. The number of anilines is 1. The van der Waals surface area contributed by atoms with Crippen molar-refractivity contribution < 1.29 is 4.74 Å². The third-order valence-corrected chi connectivity index (χ3v) is 2.18. The fraction of sp³-hybridized carbons (Fsp3) is 0.167. The minimum atomic E-state index is 0.632. The van der Waals surface area contributed by atoms with Gasteiger partial charge in [-0.25, -0.2) is 4.98 Å². The van der Waals surface area contributed by atoms with Crippen LogP contribution in [0.4, 0.5) is 5.69 Å². The molecule has 0 aliphatic heterocycles. The summed E-state index contributed by atoms with van der Waals surface area (Å²) < 4.78 is 4.99. The quantitative estimate of drug-likeness (QED) is 0.848. The van der Waals surface area contributed by atoms with E-state index in [1.165, 1.54) is 0 Å². The second kappa shape index (κ2) is 5.11. The Hall–Kier alpha value is -2.10. The van der Waals surface area contributed by atoms with E-state index in [1.807, 2.05) is 24.3 Å². The molecule has 2 aromatic heterocycles. The van der Waals surface area contributed by atoms with Gasteiger partial charge in [0, 0.05) is 36.9 Å². The van der Waals surface area contributed by atoms with Gasteiger partial charge in [-0.1, -0.05) is 6.07 Å². The summed E-state index contributed by atoms with van der Waals surface area (Å²) in [5, 5.41) is 3.28. The number of methoxy groups -OCH3 is 1. The van der Waals surface area contributed by atoms with E-state index in [-0.39, 0.29) is 0 Å². The molecule has 1 N–H and O–H groups in total. The number of aromatic nitrogens is 2. The molecule has 0 spiro atoms. The van der Waals surface area contributed by atoms with Crippen molar-refractivity contribution in [2.45, 2.75) is 6.54 Å². The normalized spacial score (nSPS) is 9.81. The Morgan fingerprint density at radius 3 is 2.62 bits per heavy atom. The zero-order valence-electron chi connectivity index (χ0n) is 9.05. The number of pyridine rings is 2. The van der Waals surface area contributed by atoms with Crippen LogP contribution in [0.15, 0.2) is 42.9 Å². The molecule has 0 fully saturated rings. The molecule has 0 aromatic carbocycles. The van der Waals surface area contributed by atoms with Gasteiger partial charge in [0.2, 0.25) is 5.88 Å². The molecule has 0 unspecified atom stereocenters. The second-order valence-corrected chi connectivity index (χ2v) is 3.30. The van der Waals surface area contributed by atoms with Crippen LogP contribution < -0.4 is 10.1 Å². The van der Waals surface area contributed by atoms with Crippen molar-refractivity contribution in [2.24, 2.45) is 0 Å². The first-order chi connectivity index (χ1) is 7.88. The summed E-state index contributed by atoms with van der Waals surface area (Å²) >= 11 is 0. The molecule has 0 saturated carbocycles. The topological polar surface area (TPSA) is 47.0 Å². The number of nitrogens with zero attached hydrogens (tertiary/aromatic N) is 2. The lowest BCUT2D eigenvalue weighted by Crippen LogP contribution is -2.00. The second-order valence-electron chi connectivity index (χ2n) is 3.30. The number of hydrogen-bond acceptors (Lipinski definition) is 4. The molecule has 2 rings (SSSR count). The highest BCUT2D eigenvalue weighted by atomic mass is 16.5.